The van der Waals surface area contributed by atoms with Crippen LogP contribution in [0.5, 0.6) is 23.0 Å². The summed E-state index contributed by atoms with van der Waals surface area (Å²) >= 11 is 1.26. The molecule has 0 saturated carbocycles. The molecule has 0 bridgehead atoms. The molecule has 0 spiro atoms. The van der Waals surface area contributed by atoms with E-state index in [2.05, 4.69) is 0 Å². The van der Waals surface area contributed by atoms with Crippen molar-refractivity contribution in [1.82, 2.24) is 4.98 Å². The number of fused-ring (bicyclic) bond motifs is 1. The molecule has 1 saturated heterocycles. The second-order valence-corrected chi connectivity index (χ2v) is 10.9. The van der Waals surface area contributed by atoms with E-state index in [0.717, 1.165) is 17.5 Å². The predicted octanol–water partition coefficient (Wildman–Crippen LogP) is 6.91. The maximum absolute atomic E-state index is 13.7. The van der Waals surface area contributed by atoms with Crippen molar-refractivity contribution in [3.05, 3.63) is 77.4 Å². The number of rotatable bonds is 12. The Bertz CT molecular complexity index is 1660. The number of aliphatic hydroxyl groups is 1. The average molecular weight is 603 g/mol. The van der Waals surface area contributed by atoms with E-state index < -0.39 is 17.7 Å². The minimum atomic E-state index is -0.974. The lowest BCUT2D eigenvalue weighted by Crippen LogP contribution is -2.29. The van der Waals surface area contributed by atoms with Crippen LogP contribution in [0.25, 0.3) is 16.0 Å². The van der Waals surface area contributed by atoms with Gasteiger partial charge in [0.1, 0.15) is 17.3 Å². The van der Waals surface area contributed by atoms with Gasteiger partial charge in [0.15, 0.2) is 16.6 Å². The number of aromatic nitrogens is 1. The van der Waals surface area contributed by atoms with Gasteiger partial charge < -0.3 is 24.1 Å². The first kappa shape index (κ1) is 29.9. The van der Waals surface area contributed by atoms with E-state index in [-0.39, 0.29) is 11.3 Å². The van der Waals surface area contributed by atoms with Crippen molar-refractivity contribution in [3.8, 4) is 23.0 Å². The highest BCUT2D eigenvalue weighted by Gasteiger charge is 2.48. The number of anilines is 1. The molecule has 224 valence electrons. The van der Waals surface area contributed by atoms with E-state index in [0.29, 0.717) is 64.6 Å². The average Bonchev–Trinajstić information content (AvgIpc) is 3.56. The molecule has 1 aliphatic heterocycles. The lowest BCUT2D eigenvalue weighted by Gasteiger charge is -2.24. The molecule has 1 unspecified atom stereocenters. The Labute approximate surface area is 254 Å². The fraction of sp³-hybridized carbons (Fsp3) is 0.303. The summed E-state index contributed by atoms with van der Waals surface area (Å²) in [7, 11) is 1.58. The molecule has 43 heavy (non-hydrogen) atoms. The first-order chi connectivity index (χ1) is 20.9. The van der Waals surface area contributed by atoms with Gasteiger partial charge in [0.2, 0.25) is 0 Å². The number of carbonyl (C=O) groups is 2. The van der Waals surface area contributed by atoms with Crippen LogP contribution in [-0.4, -0.2) is 48.7 Å². The number of carbonyl (C=O) groups excluding carboxylic acids is 2. The number of aliphatic hydroxyl groups excluding tert-OH is 1. The fourth-order valence-corrected chi connectivity index (χ4v) is 5.87. The van der Waals surface area contributed by atoms with Gasteiger partial charge in [-0.2, -0.15) is 0 Å². The number of methoxy groups -OCH3 is 1. The van der Waals surface area contributed by atoms with E-state index in [1.54, 1.807) is 61.7 Å². The normalized spacial score (nSPS) is 16.1. The molecule has 0 radical (unpaired) electrons. The Kier molecular flexibility index (Phi) is 9.16. The van der Waals surface area contributed by atoms with Crippen LogP contribution in [0.3, 0.4) is 0 Å². The molecular formula is C33H34N2O7S. The van der Waals surface area contributed by atoms with Crippen LogP contribution in [0.4, 0.5) is 5.13 Å². The lowest BCUT2D eigenvalue weighted by atomic mass is 9.95. The number of nitrogens with zero attached hydrogens (tertiary/aromatic N) is 2. The van der Waals surface area contributed by atoms with Crippen LogP contribution >= 0.6 is 11.3 Å². The summed E-state index contributed by atoms with van der Waals surface area (Å²) in [5.41, 5.74) is 1.55. The Hall–Kier alpha value is -4.57. The van der Waals surface area contributed by atoms with E-state index in [9.17, 15) is 14.7 Å². The second-order valence-electron chi connectivity index (χ2n) is 9.86. The summed E-state index contributed by atoms with van der Waals surface area (Å²) < 4.78 is 23.6. The van der Waals surface area contributed by atoms with Crippen LogP contribution in [0, 0.1) is 0 Å². The number of thiazole rings is 1. The molecule has 1 amide bonds. The third kappa shape index (κ3) is 6.01. The number of hydrogen-bond acceptors (Lipinski definition) is 9. The molecule has 3 aromatic carbocycles. The highest BCUT2D eigenvalue weighted by molar-refractivity contribution is 7.22. The minimum absolute atomic E-state index is 0.0475. The van der Waals surface area contributed by atoms with Crippen LogP contribution in [-0.2, 0) is 9.59 Å². The number of ketones is 1. The van der Waals surface area contributed by atoms with Crippen LogP contribution in [0.1, 0.15) is 50.8 Å². The maximum Gasteiger partial charge on any atom is 0.301 e. The Morgan fingerprint density at radius 3 is 2.30 bits per heavy atom. The number of ether oxygens (including phenoxy) is 4. The molecule has 1 aromatic heterocycles. The molecule has 1 atom stereocenters. The van der Waals surface area contributed by atoms with Gasteiger partial charge in [-0.1, -0.05) is 31.3 Å². The van der Waals surface area contributed by atoms with Gasteiger partial charge in [-0.25, -0.2) is 4.98 Å². The number of benzene rings is 3. The number of amides is 1. The van der Waals surface area contributed by atoms with Gasteiger partial charge in [-0.3, -0.25) is 14.5 Å². The smallest absolute Gasteiger partial charge is 0.301 e. The van der Waals surface area contributed by atoms with Gasteiger partial charge in [0, 0.05) is 5.56 Å². The Morgan fingerprint density at radius 1 is 0.884 bits per heavy atom. The zero-order valence-electron chi connectivity index (χ0n) is 24.6. The summed E-state index contributed by atoms with van der Waals surface area (Å²) in [4.78, 5) is 33.5. The zero-order valence-corrected chi connectivity index (χ0v) is 25.4. The molecule has 4 aromatic rings. The lowest BCUT2D eigenvalue weighted by molar-refractivity contribution is -0.132. The maximum atomic E-state index is 13.7. The second kappa shape index (κ2) is 13.2. The van der Waals surface area contributed by atoms with Crippen molar-refractivity contribution >= 4 is 44.1 Å². The van der Waals surface area contributed by atoms with Crippen molar-refractivity contribution < 1.29 is 33.6 Å². The van der Waals surface area contributed by atoms with E-state index in [1.165, 1.54) is 16.2 Å². The molecule has 1 aliphatic rings. The van der Waals surface area contributed by atoms with Crippen molar-refractivity contribution in [2.45, 2.75) is 39.7 Å². The third-order valence-electron chi connectivity index (χ3n) is 6.88. The summed E-state index contributed by atoms with van der Waals surface area (Å²) in [6.07, 6.45) is 1.67. The SMILES string of the molecule is CCCOc1ccc(/C(O)=C2\C(=O)C(=O)N(c3nc4ccc(OC)cc4s3)C2c2ccc(OCCC)c(OCC)c2)cc1. The van der Waals surface area contributed by atoms with Gasteiger partial charge in [-0.15, -0.1) is 0 Å². The molecular weight excluding hydrogens is 568 g/mol. The molecule has 10 heteroatoms. The summed E-state index contributed by atoms with van der Waals surface area (Å²) in [5, 5.41) is 11.9. The highest BCUT2D eigenvalue weighted by atomic mass is 32.1. The third-order valence-corrected chi connectivity index (χ3v) is 7.90. The van der Waals surface area contributed by atoms with Gasteiger partial charge >= 0.3 is 5.91 Å². The molecule has 1 fully saturated rings. The van der Waals surface area contributed by atoms with Gasteiger partial charge in [-0.05, 0) is 79.9 Å². The Morgan fingerprint density at radius 2 is 1.60 bits per heavy atom. The summed E-state index contributed by atoms with van der Waals surface area (Å²) in [6.45, 7) is 7.35. The largest absolute Gasteiger partial charge is 0.507 e. The minimum Gasteiger partial charge on any atom is -0.507 e. The zero-order chi connectivity index (χ0) is 30.5. The standard InChI is InChI=1S/C33H34N2O7S/c1-5-16-41-22-11-8-20(9-12-22)30(36)28-29(21-10-15-25(42-17-6-2)26(18-21)40-7-3)35(32(38)31(28)37)33-34-24-14-13-23(39-4)19-27(24)43-33/h8-15,18-19,29,36H,5-7,16-17H2,1-4H3/b30-28+. The molecule has 1 N–H and O–H groups in total. The highest BCUT2D eigenvalue weighted by Crippen LogP contribution is 2.46. The monoisotopic (exact) mass is 602 g/mol. The predicted molar refractivity (Wildman–Crippen MR) is 167 cm³/mol. The van der Waals surface area contributed by atoms with E-state index in [1.807, 2.05) is 26.8 Å². The molecule has 0 aliphatic carbocycles. The van der Waals surface area contributed by atoms with Gasteiger partial charge in [0.05, 0.1) is 48.8 Å². The quantitative estimate of drug-likeness (QED) is 0.106. The number of hydrogen-bond donors (Lipinski definition) is 1. The van der Waals surface area contributed by atoms with Crippen LogP contribution in [0.2, 0.25) is 0 Å². The van der Waals surface area contributed by atoms with Crippen LogP contribution in [0.15, 0.2) is 66.2 Å². The first-order valence-corrected chi connectivity index (χ1v) is 15.1. The molecule has 9 nitrogen and oxygen atoms in total. The van der Waals surface area contributed by atoms with Crippen LogP contribution < -0.4 is 23.8 Å². The van der Waals surface area contributed by atoms with E-state index >= 15 is 0 Å². The molecule has 2 heterocycles. The van der Waals surface area contributed by atoms with Crippen molar-refractivity contribution in [3.63, 3.8) is 0 Å². The number of Topliss-reactive ketones (excluding diaryl/α,β-unsaturated/α-hetero) is 1. The van der Waals surface area contributed by atoms with Crippen molar-refractivity contribution in [2.75, 3.05) is 31.8 Å². The van der Waals surface area contributed by atoms with Crippen molar-refractivity contribution in [1.29, 1.82) is 0 Å². The first-order valence-electron chi connectivity index (χ1n) is 14.3. The van der Waals surface area contributed by atoms with Gasteiger partial charge in [0.25, 0.3) is 5.78 Å². The Balaban J connectivity index is 1.67. The summed E-state index contributed by atoms with van der Waals surface area (Å²) in [5.74, 6) is 0.435. The van der Waals surface area contributed by atoms with E-state index in [4.69, 9.17) is 23.9 Å². The topological polar surface area (TPSA) is 107 Å². The fourth-order valence-electron chi connectivity index (χ4n) is 4.85. The summed E-state index contributed by atoms with van der Waals surface area (Å²) in [6, 6.07) is 16.5. The van der Waals surface area contributed by atoms with Crippen molar-refractivity contribution in [2.24, 2.45) is 0 Å². The molecule has 5 rings (SSSR count).